The Morgan fingerprint density at radius 2 is 1.68 bits per heavy atom. The molecule has 0 spiro atoms. The lowest BCUT2D eigenvalue weighted by molar-refractivity contribution is 0.0658. The van der Waals surface area contributed by atoms with Crippen LogP contribution >= 0.6 is 0 Å². The monoisotopic (exact) mass is 302 g/mol. The molecule has 0 aromatic carbocycles. The van der Waals surface area contributed by atoms with Crippen molar-refractivity contribution >= 4 is 11.6 Å². The molecule has 2 aliphatic heterocycles. The Balaban J connectivity index is 1.71. The van der Waals surface area contributed by atoms with Crippen LogP contribution in [0.25, 0.3) is 0 Å². The highest BCUT2D eigenvalue weighted by Gasteiger charge is 2.22. The van der Waals surface area contributed by atoms with Gasteiger partial charge in [-0.3, -0.25) is 9.78 Å². The van der Waals surface area contributed by atoms with Crippen LogP contribution in [0.4, 0.5) is 5.69 Å². The van der Waals surface area contributed by atoms with Crippen molar-refractivity contribution in [3.8, 4) is 0 Å². The van der Waals surface area contributed by atoms with Crippen LogP contribution in [-0.4, -0.2) is 67.0 Å². The molecule has 0 bridgehead atoms. The third-order valence-corrected chi connectivity index (χ3v) is 4.72. The van der Waals surface area contributed by atoms with E-state index in [1.165, 1.54) is 25.7 Å². The van der Waals surface area contributed by atoms with Gasteiger partial charge in [-0.05, 0) is 32.0 Å². The molecule has 1 aromatic rings. The molecule has 2 fully saturated rings. The van der Waals surface area contributed by atoms with Crippen molar-refractivity contribution < 1.29 is 4.79 Å². The van der Waals surface area contributed by atoms with Gasteiger partial charge in [0.2, 0.25) is 0 Å². The minimum absolute atomic E-state index is 0.0739. The van der Waals surface area contributed by atoms with Gasteiger partial charge in [-0.15, -0.1) is 0 Å². The van der Waals surface area contributed by atoms with Crippen LogP contribution in [0.3, 0.4) is 0 Å². The maximum absolute atomic E-state index is 12.6. The Morgan fingerprint density at radius 1 is 1.00 bits per heavy atom. The van der Waals surface area contributed by atoms with Gasteiger partial charge in [0.25, 0.3) is 5.91 Å². The zero-order valence-electron chi connectivity index (χ0n) is 13.5. The summed E-state index contributed by atoms with van der Waals surface area (Å²) in [4.78, 5) is 23.5. The molecule has 5 nitrogen and oxygen atoms in total. The molecule has 3 heterocycles. The van der Waals surface area contributed by atoms with E-state index in [1.807, 2.05) is 17.0 Å². The van der Waals surface area contributed by atoms with Crippen LogP contribution in [0, 0.1) is 0 Å². The average molecular weight is 302 g/mol. The molecule has 2 aliphatic rings. The fourth-order valence-electron chi connectivity index (χ4n) is 3.23. The van der Waals surface area contributed by atoms with E-state index >= 15 is 0 Å². The maximum atomic E-state index is 12.6. The third kappa shape index (κ3) is 3.58. The number of aromatic nitrogens is 1. The topological polar surface area (TPSA) is 39.7 Å². The fraction of sp³-hybridized carbons (Fsp3) is 0.647. The lowest BCUT2D eigenvalue weighted by Gasteiger charge is -2.32. The van der Waals surface area contributed by atoms with Crippen molar-refractivity contribution in [2.45, 2.75) is 25.7 Å². The van der Waals surface area contributed by atoms with Crippen molar-refractivity contribution in [2.24, 2.45) is 0 Å². The number of carbonyl (C=O) groups excluding carboxylic acids is 1. The molecule has 1 aromatic heterocycles. The Morgan fingerprint density at radius 3 is 2.36 bits per heavy atom. The summed E-state index contributed by atoms with van der Waals surface area (Å²) in [7, 11) is 2.10. The fourth-order valence-corrected chi connectivity index (χ4v) is 3.23. The molecule has 0 N–H and O–H groups in total. The second kappa shape index (κ2) is 7.09. The Hall–Kier alpha value is -1.62. The number of carbonyl (C=O) groups is 1. The highest BCUT2D eigenvalue weighted by molar-refractivity contribution is 5.93. The first kappa shape index (κ1) is 15.3. The van der Waals surface area contributed by atoms with E-state index in [4.69, 9.17) is 0 Å². The van der Waals surface area contributed by atoms with Gasteiger partial charge in [-0.25, -0.2) is 0 Å². The number of amides is 1. The lowest BCUT2D eigenvalue weighted by Crippen LogP contribution is -2.47. The van der Waals surface area contributed by atoms with Crippen molar-refractivity contribution in [1.82, 2.24) is 14.8 Å². The van der Waals surface area contributed by atoms with Crippen molar-refractivity contribution in [1.29, 1.82) is 0 Å². The molecule has 0 radical (unpaired) electrons. The first-order valence-electron chi connectivity index (χ1n) is 8.43. The minimum Gasteiger partial charge on any atom is -0.371 e. The van der Waals surface area contributed by atoms with Crippen molar-refractivity contribution in [2.75, 3.05) is 51.2 Å². The number of piperazine rings is 1. The highest BCUT2D eigenvalue weighted by Crippen LogP contribution is 2.20. The molecule has 3 rings (SSSR count). The summed E-state index contributed by atoms with van der Waals surface area (Å²) < 4.78 is 0. The standard InChI is InChI=1S/C17H26N4O/c1-19-10-12-21(13-11-19)17(22)16-14-15(6-7-18-16)20-8-4-2-3-5-9-20/h6-7,14H,2-5,8-13H2,1H3. The summed E-state index contributed by atoms with van der Waals surface area (Å²) in [5.74, 6) is 0.0739. The van der Waals surface area contributed by atoms with Crippen molar-refractivity contribution in [3.63, 3.8) is 0 Å². The molecule has 0 aliphatic carbocycles. The average Bonchev–Trinajstić information content (AvgIpc) is 2.84. The molecule has 120 valence electrons. The van der Waals surface area contributed by atoms with E-state index in [0.29, 0.717) is 5.69 Å². The number of rotatable bonds is 2. The normalized spacial score (nSPS) is 20.8. The van der Waals surface area contributed by atoms with Crippen LogP contribution in [-0.2, 0) is 0 Å². The van der Waals surface area contributed by atoms with Crippen LogP contribution < -0.4 is 4.90 Å². The predicted octanol–water partition coefficient (Wildman–Crippen LogP) is 1.85. The second-order valence-corrected chi connectivity index (χ2v) is 6.40. The van der Waals surface area contributed by atoms with Gasteiger partial charge in [-0.1, -0.05) is 12.8 Å². The number of anilines is 1. The van der Waals surface area contributed by atoms with E-state index in [2.05, 4.69) is 21.8 Å². The van der Waals surface area contributed by atoms with Gasteiger partial charge < -0.3 is 14.7 Å². The lowest BCUT2D eigenvalue weighted by atomic mass is 10.2. The van der Waals surface area contributed by atoms with E-state index < -0.39 is 0 Å². The predicted molar refractivity (Wildman–Crippen MR) is 88.3 cm³/mol. The van der Waals surface area contributed by atoms with E-state index in [9.17, 15) is 4.79 Å². The maximum Gasteiger partial charge on any atom is 0.272 e. The quantitative estimate of drug-likeness (QED) is 0.836. The molecule has 2 saturated heterocycles. The van der Waals surface area contributed by atoms with E-state index in [0.717, 1.165) is 45.0 Å². The molecule has 0 saturated carbocycles. The first-order chi connectivity index (χ1) is 10.7. The summed E-state index contributed by atoms with van der Waals surface area (Å²) in [6.45, 7) is 5.66. The largest absolute Gasteiger partial charge is 0.371 e. The Labute approximate surface area is 132 Å². The number of nitrogens with zero attached hydrogens (tertiary/aromatic N) is 4. The number of pyridine rings is 1. The number of hydrogen-bond donors (Lipinski definition) is 0. The molecular weight excluding hydrogens is 276 g/mol. The van der Waals surface area contributed by atoms with Crippen LogP contribution in [0.15, 0.2) is 18.3 Å². The molecule has 5 heteroatoms. The molecule has 22 heavy (non-hydrogen) atoms. The van der Waals surface area contributed by atoms with Gasteiger partial charge in [-0.2, -0.15) is 0 Å². The molecule has 0 atom stereocenters. The summed E-state index contributed by atoms with van der Waals surface area (Å²) >= 11 is 0. The first-order valence-corrected chi connectivity index (χ1v) is 8.43. The smallest absolute Gasteiger partial charge is 0.272 e. The van der Waals surface area contributed by atoms with Crippen LogP contribution in [0.2, 0.25) is 0 Å². The number of likely N-dealkylation sites (N-methyl/N-ethyl adjacent to an activating group) is 1. The van der Waals surface area contributed by atoms with Gasteiger partial charge in [0.15, 0.2) is 0 Å². The summed E-state index contributed by atoms with van der Waals surface area (Å²) in [6.07, 6.45) is 6.89. The summed E-state index contributed by atoms with van der Waals surface area (Å²) in [5.41, 5.74) is 1.74. The molecule has 1 amide bonds. The highest BCUT2D eigenvalue weighted by atomic mass is 16.2. The van der Waals surface area contributed by atoms with Gasteiger partial charge in [0, 0.05) is 51.2 Å². The molecular formula is C17H26N4O. The summed E-state index contributed by atoms with van der Waals surface area (Å²) in [5, 5.41) is 0. The third-order valence-electron chi connectivity index (χ3n) is 4.72. The van der Waals surface area contributed by atoms with Crippen molar-refractivity contribution in [3.05, 3.63) is 24.0 Å². The Bertz CT molecular complexity index is 503. The zero-order valence-corrected chi connectivity index (χ0v) is 13.5. The second-order valence-electron chi connectivity index (χ2n) is 6.40. The van der Waals surface area contributed by atoms with Gasteiger partial charge in [0.1, 0.15) is 5.69 Å². The van der Waals surface area contributed by atoms with Crippen LogP contribution in [0.1, 0.15) is 36.2 Å². The van der Waals surface area contributed by atoms with Gasteiger partial charge >= 0.3 is 0 Å². The zero-order chi connectivity index (χ0) is 15.4. The van der Waals surface area contributed by atoms with Crippen LogP contribution in [0.5, 0.6) is 0 Å². The number of hydrogen-bond acceptors (Lipinski definition) is 4. The summed E-state index contributed by atoms with van der Waals surface area (Å²) in [6, 6.07) is 4.01. The van der Waals surface area contributed by atoms with Gasteiger partial charge in [0.05, 0.1) is 0 Å². The van der Waals surface area contributed by atoms with E-state index in [-0.39, 0.29) is 5.91 Å². The van der Waals surface area contributed by atoms with E-state index in [1.54, 1.807) is 6.20 Å². The minimum atomic E-state index is 0.0739. The Kier molecular flexibility index (Phi) is 4.93. The molecule has 0 unspecified atom stereocenters. The SMILES string of the molecule is CN1CCN(C(=O)c2cc(N3CCCCCC3)ccn2)CC1.